The highest BCUT2D eigenvalue weighted by molar-refractivity contribution is 6.90. The molecule has 4 aromatic heterocycles. The summed E-state index contributed by atoms with van der Waals surface area (Å²) in [5.74, 6) is 0. The van der Waals surface area contributed by atoms with Crippen LogP contribution in [0.4, 0.5) is 0 Å². The van der Waals surface area contributed by atoms with E-state index in [1.807, 2.05) is 0 Å². The number of benzene rings is 16. The third-order valence-electron chi connectivity index (χ3n) is 23.8. The van der Waals surface area contributed by atoms with Crippen LogP contribution in [0.25, 0.3) is 199 Å². The van der Waals surface area contributed by atoms with Crippen LogP contribution in [0.1, 0.15) is 17.2 Å². The van der Waals surface area contributed by atoms with Gasteiger partial charge >= 0.3 is 6.85 Å². The van der Waals surface area contributed by atoms with Gasteiger partial charge in [0.05, 0.1) is 50.3 Å². The second-order valence-electron chi connectivity index (χ2n) is 28.8. The molecule has 0 spiro atoms. The van der Waals surface area contributed by atoms with Gasteiger partial charge in [-0.2, -0.15) is 0 Å². The molecule has 0 amide bonds. The van der Waals surface area contributed by atoms with Gasteiger partial charge in [0.2, 0.25) is 0 Å². The van der Waals surface area contributed by atoms with Crippen molar-refractivity contribution in [2.24, 2.45) is 0 Å². The highest BCUT2D eigenvalue weighted by Crippen LogP contribution is 2.59. The lowest BCUT2D eigenvalue weighted by Gasteiger charge is -2.36. The molecule has 20 aromatic rings. The predicted molar refractivity (Wildman–Crippen MR) is 436 cm³/mol. The Morgan fingerprint density at radius 3 is 1.11 bits per heavy atom. The molecule has 0 fully saturated rings. The number of hydrogen-bond acceptors (Lipinski definition) is 0. The fourth-order valence-electron chi connectivity index (χ4n) is 19.5. The number of rotatable bonds is 8. The summed E-state index contributed by atoms with van der Waals surface area (Å²) in [4.78, 5) is 0. The number of para-hydroxylation sites is 2. The van der Waals surface area contributed by atoms with Crippen molar-refractivity contribution in [3.05, 3.63) is 363 Å². The van der Waals surface area contributed by atoms with Gasteiger partial charge in [-0.05, 0) is 135 Å². The van der Waals surface area contributed by atoms with E-state index in [0.717, 1.165) is 0 Å². The van der Waals surface area contributed by atoms with Crippen LogP contribution in [-0.4, -0.2) is 25.0 Å². The maximum atomic E-state index is 2.83. The molecule has 0 aliphatic carbocycles. The van der Waals surface area contributed by atoms with Crippen LogP contribution >= 0.6 is 0 Å². The Kier molecular flexibility index (Phi) is 11.4. The van der Waals surface area contributed by atoms with E-state index in [9.17, 15) is 0 Å². The van der Waals surface area contributed by atoms with Gasteiger partial charge in [0, 0.05) is 65.8 Å². The summed E-state index contributed by atoms with van der Waals surface area (Å²) in [6.45, 7) is -0.173. The number of fused-ring (bicyclic) bond motifs is 19. The van der Waals surface area contributed by atoms with Crippen molar-refractivity contribution in [1.29, 1.82) is 0 Å². The van der Waals surface area contributed by atoms with E-state index in [2.05, 4.69) is 370 Å². The predicted octanol–water partition coefficient (Wildman–Crippen LogP) is 24.2. The van der Waals surface area contributed by atoms with Crippen molar-refractivity contribution >= 4 is 94.2 Å². The Labute approximate surface area is 600 Å². The van der Waals surface area contributed by atoms with Crippen molar-refractivity contribution in [3.63, 3.8) is 0 Å². The fraction of sp³-hybridized carbons (Fsp3) is 0.0101. The maximum absolute atomic E-state index is 2.83. The lowest BCUT2D eigenvalue weighted by molar-refractivity contribution is 0.711. The summed E-state index contributed by atoms with van der Waals surface area (Å²) in [7, 11) is 0. The Morgan fingerprint density at radius 2 is 0.596 bits per heavy atom. The maximum Gasteiger partial charge on any atom is 0.333 e. The molecule has 5 heteroatoms. The number of hydrogen-bond donors (Lipinski definition) is 0. The molecule has 24 rings (SSSR count). The van der Waals surface area contributed by atoms with E-state index in [1.54, 1.807) is 0 Å². The minimum atomic E-state index is -0.173. The number of nitrogens with zero attached hydrogens (tertiary/aromatic N) is 4. The first kappa shape index (κ1) is 56.3. The van der Waals surface area contributed by atoms with Crippen LogP contribution in [0.15, 0.2) is 352 Å². The summed E-state index contributed by atoms with van der Waals surface area (Å²) in [5.41, 5.74) is 42.3. The van der Waals surface area contributed by atoms with Gasteiger partial charge in [0.15, 0.2) is 0 Å². The molecule has 4 aliphatic rings. The van der Waals surface area contributed by atoms with Crippen molar-refractivity contribution in [2.45, 2.75) is 6.04 Å². The largest absolute Gasteiger partial charge is 0.374 e. The van der Waals surface area contributed by atoms with Crippen LogP contribution < -0.4 is 10.9 Å². The highest BCUT2D eigenvalue weighted by atomic mass is 15.1. The van der Waals surface area contributed by atoms with Crippen molar-refractivity contribution < 1.29 is 0 Å². The molecule has 16 aromatic carbocycles. The van der Waals surface area contributed by atoms with Gasteiger partial charge in [-0.1, -0.05) is 328 Å². The van der Waals surface area contributed by atoms with Gasteiger partial charge in [0.1, 0.15) is 0 Å². The van der Waals surface area contributed by atoms with E-state index in [0.29, 0.717) is 0 Å². The number of aromatic nitrogens is 4. The monoisotopic (exact) mass is 1310 g/mol. The first-order chi connectivity index (χ1) is 51.7. The topological polar surface area (TPSA) is 19.7 Å². The lowest BCUT2D eigenvalue weighted by Crippen LogP contribution is -2.55. The SMILES string of the molecule is c1ccc(-c2ccc(-c3cccc4c3c3c(-c5ccc(-c6ccccc6)cc5)ccc5c3n4-c3cccc4c3B5n3c5c-4cccc5c4c3c3cccc5c3n4C3c4c-5cccc4-n4c5cccc(-c6ccc(-c7ccccc7)cc6)c5c5c(-c6ccc(-c7ccccc7)cc6)ccc3c54)cc2)cc1. The molecular weight excluding hydrogens is 1260 g/mol. The third-order valence-corrected chi connectivity index (χ3v) is 23.8. The molecule has 104 heavy (non-hydrogen) atoms. The molecule has 0 N–H and O–H groups in total. The Bertz CT molecular complexity index is 6650. The summed E-state index contributed by atoms with van der Waals surface area (Å²) < 4.78 is 11.0. The molecule has 1 atom stereocenters. The molecule has 1 unspecified atom stereocenters. The van der Waals surface area contributed by atoms with E-state index in [1.165, 1.54) is 221 Å². The van der Waals surface area contributed by atoms with Crippen molar-refractivity contribution in [2.75, 3.05) is 0 Å². The summed E-state index contributed by atoms with van der Waals surface area (Å²) >= 11 is 0. The highest BCUT2D eigenvalue weighted by Gasteiger charge is 2.46. The van der Waals surface area contributed by atoms with Gasteiger partial charge in [-0.15, -0.1) is 0 Å². The molecular formula is C99H59BN4. The van der Waals surface area contributed by atoms with E-state index in [4.69, 9.17) is 0 Å². The Morgan fingerprint density at radius 1 is 0.221 bits per heavy atom. The van der Waals surface area contributed by atoms with Crippen molar-refractivity contribution in [1.82, 2.24) is 18.2 Å². The van der Waals surface area contributed by atoms with E-state index in [-0.39, 0.29) is 12.9 Å². The first-order valence-electron chi connectivity index (χ1n) is 36.4. The molecule has 4 aliphatic heterocycles. The van der Waals surface area contributed by atoms with Crippen LogP contribution in [-0.2, 0) is 0 Å². The van der Waals surface area contributed by atoms with Crippen LogP contribution in [0.5, 0.6) is 0 Å². The van der Waals surface area contributed by atoms with Crippen LogP contribution in [0.3, 0.4) is 0 Å². The summed E-state index contributed by atoms with van der Waals surface area (Å²) in [5, 5.41) is 7.62. The van der Waals surface area contributed by atoms with Crippen molar-refractivity contribution in [3.8, 4) is 123 Å². The molecule has 8 heterocycles. The molecule has 478 valence electrons. The zero-order valence-corrected chi connectivity index (χ0v) is 56.4. The standard InChI is InChI=1S/C99H59BN4/c1-5-19-59(20-6-1)63-39-47-67(48-40-63)71-27-15-35-83-87(71)90-73(69-51-43-65(44-52-69)61-23-9-3-10-24-61)55-56-81-95-89-75(29-17-37-85(89)101(83)96(81)90)77-31-13-33-79-93(77)103(95)97-80-34-14-32-78-76-30-18-38-86-92(76)100(104(94(78)80)98(79)97)82-58-57-74(70-53-45-66(46-54-70)62-25-11-4-12-26-62)91-88-72(28-16-36-84(88)102(86)99(82)91)68-49-41-64(42-50-68)60-21-7-2-8-22-60/h1-58,95H. The second-order valence-corrected chi connectivity index (χ2v) is 28.8. The van der Waals surface area contributed by atoms with E-state index < -0.39 is 0 Å². The average Bonchev–Trinajstić information content (AvgIpc) is 1.48. The average molecular weight is 1320 g/mol. The van der Waals surface area contributed by atoms with Crippen LogP contribution in [0.2, 0.25) is 0 Å². The zero-order chi connectivity index (χ0) is 67.6. The molecule has 0 bridgehead atoms. The molecule has 0 radical (unpaired) electrons. The Balaban J connectivity index is 0.773. The van der Waals surface area contributed by atoms with Gasteiger partial charge in [-0.3, -0.25) is 0 Å². The minimum absolute atomic E-state index is 0.173. The normalized spacial score (nSPS) is 13.5. The zero-order valence-electron chi connectivity index (χ0n) is 56.4. The minimum Gasteiger partial charge on any atom is -0.374 e. The van der Waals surface area contributed by atoms with Gasteiger partial charge in [-0.25, -0.2) is 0 Å². The lowest BCUT2D eigenvalue weighted by atomic mass is 9.45. The van der Waals surface area contributed by atoms with Gasteiger partial charge < -0.3 is 18.2 Å². The quantitative estimate of drug-likeness (QED) is 0.135. The Hall–Kier alpha value is -13.5. The van der Waals surface area contributed by atoms with Gasteiger partial charge in [0.25, 0.3) is 0 Å². The van der Waals surface area contributed by atoms with Crippen LogP contribution in [0, 0.1) is 0 Å². The summed E-state index contributed by atoms with van der Waals surface area (Å²) in [6, 6.07) is 133. The smallest absolute Gasteiger partial charge is 0.333 e. The first-order valence-corrected chi connectivity index (χ1v) is 36.4. The molecule has 0 saturated carbocycles. The molecule has 4 nitrogen and oxygen atoms in total. The fourth-order valence-corrected chi connectivity index (χ4v) is 19.5. The second kappa shape index (κ2) is 21.1. The summed E-state index contributed by atoms with van der Waals surface area (Å²) in [6.07, 6.45) is 0. The third kappa shape index (κ3) is 7.51. The molecule has 0 saturated heterocycles. The van der Waals surface area contributed by atoms with E-state index >= 15 is 0 Å².